The topological polar surface area (TPSA) is 113 Å². The number of ether oxygens (including phenoxy) is 1. The highest BCUT2D eigenvalue weighted by Gasteiger charge is 2.22. The Morgan fingerprint density at radius 2 is 1.86 bits per heavy atom. The molecule has 2 rings (SSSR count). The molecular formula is C19H20ClN3O5. The van der Waals surface area contributed by atoms with Gasteiger partial charge >= 0.3 is 11.7 Å². The van der Waals surface area contributed by atoms with Gasteiger partial charge in [0, 0.05) is 24.7 Å². The lowest BCUT2D eigenvalue weighted by Gasteiger charge is -2.13. The summed E-state index contributed by atoms with van der Waals surface area (Å²) in [4.78, 5) is 48.6. The lowest BCUT2D eigenvalue weighted by atomic mass is 10.2. The van der Waals surface area contributed by atoms with Crippen molar-refractivity contribution in [3.63, 3.8) is 0 Å². The molecule has 0 saturated heterocycles. The normalized spacial score (nSPS) is 11.0. The second-order valence-electron chi connectivity index (χ2n) is 5.97. The predicted octanol–water partition coefficient (Wildman–Crippen LogP) is 1.63. The van der Waals surface area contributed by atoms with Crippen molar-refractivity contribution in [2.45, 2.75) is 19.9 Å². The standard InChI is InChI=1S/C19H20ClN3O5/c1-3-10-23-17(21)16(18(26)22(2)19(23)27)14(24)11-28-15(25)9-6-12-4-7-13(20)8-5-12/h4-9H,3,10-11,21H2,1-2H3/b9-6+. The van der Waals surface area contributed by atoms with Gasteiger partial charge in [0.15, 0.2) is 6.61 Å². The Kier molecular flexibility index (Phi) is 6.94. The van der Waals surface area contributed by atoms with Crippen LogP contribution in [0.3, 0.4) is 0 Å². The summed E-state index contributed by atoms with van der Waals surface area (Å²) < 4.78 is 6.85. The number of carbonyl (C=O) groups excluding carboxylic acids is 2. The predicted molar refractivity (Wildman–Crippen MR) is 106 cm³/mol. The zero-order valence-corrected chi connectivity index (χ0v) is 16.2. The first-order valence-electron chi connectivity index (χ1n) is 8.49. The molecule has 0 fully saturated rings. The first-order chi connectivity index (χ1) is 13.3. The van der Waals surface area contributed by atoms with Crippen molar-refractivity contribution in [2.75, 3.05) is 12.3 Å². The van der Waals surface area contributed by atoms with Crippen LogP contribution in [-0.2, 0) is 23.1 Å². The number of ketones is 1. The van der Waals surface area contributed by atoms with Crippen LogP contribution in [0.4, 0.5) is 5.82 Å². The number of nitrogens with two attached hydrogens (primary N) is 1. The van der Waals surface area contributed by atoms with E-state index in [0.717, 1.165) is 20.8 Å². The number of halogens is 1. The van der Waals surface area contributed by atoms with Gasteiger partial charge in [0.2, 0.25) is 5.78 Å². The Labute approximate surface area is 165 Å². The van der Waals surface area contributed by atoms with E-state index < -0.39 is 29.6 Å². The summed E-state index contributed by atoms with van der Waals surface area (Å²) in [6.07, 6.45) is 3.23. The number of Topliss-reactive ketones (excluding diaryl/α,β-unsaturated/α-hetero) is 1. The minimum absolute atomic E-state index is 0.229. The van der Waals surface area contributed by atoms with Crippen LogP contribution in [-0.4, -0.2) is 27.5 Å². The Hall–Kier alpha value is -3.13. The average Bonchev–Trinajstić information content (AvgIpc) is 2.67. The number of rotatable bonds is 7. The minimum atomic E-state index is -0.826. The van der Waals surface area contributed by atoms with Crippen LogP contribution >= 0.6 is 11.6 Å². The van der Waals surface area contributed by atoms with Crippen LogP contribution in [0.2, 0.25) is 5.02 Å². The molecule has 0 saturated carbocycles. The molecule has 0 aliphatic rings. The molecule has 0 atom stereocenters. The SMILES string of the molecule is CCCn1c(N)c(C(=O)COC(=O)/C=C/c2ccc(Cl)cc2)c(=O)n(C)c1=O. The maximum atomic E-state index is 12.4. The molecule has 9 heteroatoms. The third kappa shape index (κ3) is 4.77. The molecule has 28 heavy (non-hydrogen) atoms. The van der Waals surface area contributed by atoms with E-state index in [9.17, 15) is 19.2 Å². The molecule has 0 amide bonds. The number of nitrogens with zero attached hydrogens (tertiary/aromatic N) is 2. The van der Waals surface area contributed by atoms with E-state index in [1.165, 1.54) is 13.1 Å². The van der Waals surface area contributed by atoms with Crippen LogP contribution in [0.25, 0.3) is 6.08 Å². The molecule has 0 aliphatic heterocycles. The van der Waals surface area contributed by atoms with Crippen LogP contribution in [0.15, 0.2) is 39.9 Å². The van der Waals surface area contributed by atoms with Crippen LogP contribution in [0.1, 0.15) is 29.3 Å². The molecule has 0 aliphatic carbocycles. The second-order valence-corrected chi connectivity index (χ2v) is 6.41. The number of hydrogen-bond donors (Lipinski definition) is 1. The summed E-state index contributed by atoms with van der Waals surface area (Å²) in [6, 6.07) is 6.75. The van der Waals surface area contributed by atoms with Crippen molar-refractivity contribution in [1.82, 2.24) is 9.13 Å². The minimum Gasteiger partial charge on any atom is -0.454 e. The largest absolute Gasteiger partial charge is 0.454 e. The van der Waals surface area contributed by atoms with E-state index in [2.05, 4.69) is 0 Å². The number of aromatic nitrogens is 2. The summed E-state index contributed by atoms with van der Waals surface area (Å²) in [5.74, 6) is -1.77. The molecule has 148 valence electrons. The van der Waals surface area contributed by atoms with Crippen LogP contribution in [0.5, 0.6) is 0 Å². The third-order valence-electron chi connectivity index (χ3n) is 3.94. The molecule has 8 nitrogen and oxygen atoms in total. The second kappa shape index (κ2) is 9.18. The maximum absolute atomic E-state index is 12.4. The Balaban J connectivity index is 2.14. The summed E-state index contributed by atoms with van der Waals surface area (Å²) in [5, 5.41) is 0.564. The van der Waals surface area contributed by atoms with Gasteiger partial charge < -0.3 is 10.5 Å². The molecular weight excluding hydrogens is 386 g/mol. The zero-order chi connectivity index (χ0) is 20.8. The number of benzene rings is 1. The molecule has 1 heterocycles. The van der Waals surface area contributed by atoms with Gasteiger partial charge in [0.05, 0.1) is 0 Å². The Morgan fingerprint density at radius 1 is 1.21 bits per heavy atom. The number of nitrogen functional groups attached to an aromatic ring is 1. The van der Waals surface area contributed by atoms with E-state index in [-0.39, 0.29) is 17.9 Å². The summed E-state index contributed by atoms with van der Waals surface area (Å²) in [6.45, 7) is 1.41. The molecule has 2 aromatic rings. The van der Waals surface area contributed by atoms with Gasteiger partial charge in [-0.2, -0.15) is 0 Å². The fourth-order valence-corrected chi connectivity index (χ4v) is 2.61. The Bertz CT molecular complexity index is 1040. The van der Waals surface area contributed by atoms with Gasteiger partial charge in [-0.1, -0.05) is 30.7 Å². The van der Waals surface area contributed by atoms with Crippen molar-refractivity contribution in [3.8, 4) is 0 Å². The summed E-state index contributed by atoms with van der Waals surface area (Å²) >= 11 is 5.78. The van der Waals surface area contributed by atoms with Gasteiger partial charge in [-0.15, -0.1) is 0 Å². The van der Waals surface area contributed by atoms with Gasteiger partial charge in [0.1, 0.15) is 11.4 Å². The fourth-order valence-electron chi connectivity index (χ4n) is 2.48. The van der Waals surface area contributed by atoms with Crippen molar-refractivity contribution < 1.29 is 14.3 Å². The van der Waals surface area contributed by atoms with E-state index in [1.807, 2.05) is 6.92 Å². The molecule has 0 bridgehead atoms. The lowest BCUT2D eigenvalue weighted by molar-refractivity contribution is -0.136. The average molecular weight is 406 g/mol. The van der Waals surface area contributed by atoms with Gasteiger partial charge in [-0.3, -0.25) is 18.7 Å². The summed E-state index contributed by atoms with van der Waals surface area (Å²) in [5.41, 5.74) is 4.77. The van der Waals surface area contributed by atoms with E-state index in [1.54, 1.807) is 24.3 Å². The summed E-state index contributed by atoms with van der Waals surface area (Å²) in [7, 11) is 1.26. The number of esters is 1. The quantitative estimate of drug-likeness (QED) is 0.425. The van der Waals surface area contributed by atoms with Crippen molar-refractivity contribution in [3.05, 3.63) is 67.3 Å². The Morgan fingerprint density at radius 3 is 2.46 bits per heavy atom. The highest BCUT2D eigenvalue weighted by molar-refractivity contribution is 6.30. The highest BCUT2D eigenvalue weighted by Crippen LogP contribution is 2.11. The first kappa shape index (κ1) is 21.2. The van der Waals surface area contributed by atoms with Crippen molar-refractivity contribution >= 4 is 35.2 Å². The molecule has 1 aromatic heterocycles. The molecule has 2 N–H and O–H groups in total. The smallest absolute Gasteiger partial charge is 0.332 e. The van der Waals surface area contributed by atoms with Crippen molar-refractivity contribution in [2.24, 2.45) is 7.05 Å². The molecule has 0 radical (unpaired) electrons. The van der Waals surface area contributed by atoms with Crippen molar-refractivity contribution in [1.29, 1.82) is 0 Å². The van der Waals surface area contributed by atoms with Gasteiger partial charge in [0.25, 0.3) is 5.56 Å². The molecule has 0 spiro atoms. The molecule has 0 unspecified atom stereocenters. The van der Waals surface area contributed by atoms with Crippen LogP contribution in [0, 0.1) is 0 Å². The lowest BCUT2D eigenvalue weighted by Crippen LogP contribution is -2.43. The number of hydrogen-bond acceptors (Lipinski definition) is 6. The van der Waals surface area contributed by atoms with Gasteiger partial charge in [-0.05, 0) is 30.2 Å². The van der Waals surface area contributed by atoms with Crippen LogP contribution < -0.4 is 17.0 Å². The van der Waals surface area contributed by atoms with E-state index in [4.69, 9.17) is 22.1 Å². The monoisotopic (exact) mass is 405 g/mol. The van der Waals surface area contributed by atoms with E-state index >= 15 is 0 Å². The number of carbonyl (C=O) groups is 2. The zero-order valence-electron chi connectivity index (χ0n) is 15.5. The number of anilines is 1. The van der Waals surface area contributed by atoms with Gasteiger partial charge in [-0.25, -0.2) is 9.59 Å². The maximum Gasteiger partial charge on any atom is 0.332 e. The highest BCUT2D eigenvalue weighted by atomic mass is 35.5. The third-order valence-corrected chi connectivity index (χ3v) is 4.19. The van der Waals surface area contributed by atoms with E-state index in [0.29, 0.717) is 11.4 Å². The molecule has 1 aromatic carbocycles. The first-order valence-corrected chi connectivity index (χ1v) is 8.87. The fraction of sp³-hybridized carbons (Fsp3) is 0.263.